The lowest BCUT2D eigenvalue weighted by Crippen LogP contribution is -2.15. The molecule has 0 saturated heterocycles. The molecule has 0 aliphatic rings. The molecule has 4 nitrogen and oxygen atoms in total. The summed E-state index contributed by atoms with van der Waals surface area (Å²) in [7, 11) is 0. The smallest absolute Gasteiger partial charge is 0.154 e. The van der Waals surface area contributed by atoms with Crippen molar-refractivity contribution in [1.82, 2.24) is 0 Å². The van der Waals surface area contributed by atoms with Gasteiger partial charge >= 0.3 is 0 Å². The highest BCUT2D eigenvalue weighted by atomic mass is 16.5. The molecule has 73 heavy (non-hydrogen) atoms. The van der Waals surface area contributed by atoms with Crippen molar-refractivity contribution in [1.29, 1.82) is 0 Å². The van der Waals surface area contributed by atoms with Gasteiger partial charge in [0.15, 0.2) is 5.75 Å². The van der Waals surface area contributed by atoms with Gasteiger partial charge in [-0.2, -0.15) is 0 Å². The monoisotopic (exact) mass is 965 g/mol. The van der Waals surface area contributed by atoms with Crippen LogP contribution in [0.1, 0.15) is 125 Å². The van der Waals surface area contributed by atoms with Gasteiger partial charge < -0.3 is 19.0 Å². The van der Waals surface area contributed by atoms with E-state index in [1.165, 1.54) is 27.8 Å². The minimum absolute atomic E-state index is 0.00782. The molecule has 0 N–H and O–H groups in total. The van der Waals surface area contributed by atoms with Crippen molar-refractivity contribution in [3.8, 4) is 11.5 Å². The average Bonchev–Trinajstić information content (AvgIpc) is 3.66. The van der Waals surface area contributed by atoms with E-state index in [1.54, 1.807) is 0 Å². The molecule has 0 unspecified atom stereocenters. The number of hydrogen-bond acceptors (Lipinski definition) is 4. The number of benzene rings is 6. The van der Waals surface area contributed by atoms with Gasteiger partial charge in [0.1, 0.15) is 17.1 Å². The third-order valence-electron chi connectivity index (χ3n) is 14.5. The summed E-state index contributed by atoms with van der Waals surface area (Å²) in [5, 5.41) is 5.70. The molecule has 4 heteroatoms. The van der Waals surface area contributed by atoms with Crippen LogP contribution < -0.4 is 14.5 Å². The molecule has 0 aliphatic heterocycles. The van der Waals surface area contributed by atoms with Crippen LogP contribution in [-0.2, 0) is 10.8 Å². The van der Waals surface area contributed by atoms with E-state index in [-0.39, 0.29) is 10.8 Å². The first kappa shape index (κ1) is 52.0. The average molecular weight is 965 g/mol. The van der Waals surface area contributed by atoms with Crippen molar-refractivity contribution in [2.75, 3.05) is 9.80 Å². The van der Waals surface area contributed by atoms with E-state index in [9.17, 15) is 0 Å². The summed E-state index contributed by atoms with van der Waals surface area (Å²) in [6.07, 6.45) is 15.2. The molecular weight excluding hydrogens is 889 g/mol. The van der Waals surface area contributed by atoms with Gasteiger partial charge in [-0.25, -0.2) is 0 Å². The molecule has 374 valence electrons. The zero-order valence-corrected chi connectivity index (χ0v) is 46.2. The predicted molar refractivity (Wildman–Crippen MR) is 317 cm³/mol. The zero-order chi connectivity index (χ0) is 52.4. The third-order valence-corrected chi connectivity index (χ3v) is 14.5. The molecule has 8 rings (SSSR count). The summed E-state index contributed by atoms with van der Waals surface area (Å²) >= 11 is 0. The molecule has 0 amide bonds. The molecule has 0 spiro atoms. The van der Waals surface area contributed by atoms with E-state index in [0.717, 1.165) is 113 Å². The summed E-state index contributed by atoms with van der Waals surface area (Å²) in [5.74, 6) is 2.66. The van der Waals surface area contributed by atoms with Crippen molar-refractivity contribution in [2.45, 2.75) is 128 Å². The Balaban J connectivity index is 1.33. The molecule has 2 bridgehead atoms. The summed E-state index contributed by atoms with van der Waals surface area (Å²) in [6.45, 7) is 33.1. The van der Waals surface area contributed by atoms with Crippen LogP contribution >= 0.6 is 0 Å². The number of allylic oxidation sites excluding steroid dienone is 6. The first-order valence-corrected chi connectivity index (χ1v) is 26.2. The number of para-hydroxylation sites is 3. The standard InChI is InChI=1S/C69H76N2O2/c1-16-23-46(4)41-51(9)70(39-19-18-26-56-52(10)72-67-58(56)27-22-29-61(67)69(14,15)17-2)62-37-32-45(3)31-36-57-59-44-54(62)34-33-53(59)35-38-63(57)71(55-42-47(5)40-48(6)43-55)64-30-21-25-50(8)66(64)73-65-49(7)24-20-28-60(65)68(11,12)13/h18-44H,16-17H2,1-15H3/b26-18-,36-31?,37-32?,39-19+,45-31?,45-32?,46-23-,51-41+,57-36?,62-37?,62-54?. The van der Waals surface area contributed by atoms with Crippen molar-refractivity contribution in [2.24, 2.45) is 0 Å². The lowest BCUT2D eigenvalue weighted by atomic mass is 9.81. The number of hydrogen-bond donors (Lipinski definition) is 0. The molecule has 7 aromatic carbocycles. The molecule has 0 aliphatic carbocycles. The van der Waals surface area contributed by atoms with Crippen LogP contribution in [0.3, 0.4) is 0 Å². The quantitative estimate of drug-likeness (QED) is 0.102. The Kier molecular flexibility index (Phi) is 15.3. The number of aryl methyl sites for hydroxylation is 6. The fraction of sp³-hybridized carbons (Fsp3) is 0.275. The molecule has 0 atom stereocenters. The van der Waals surface area contributed by atoms with E-state index in [2.05, 4.69) is 278 Å². The Morgan fingerprint density at radius 1 is 0.589 bits per heavy atom. The lowest BCUT2D eigenvalue weighted by Gasteiger charge is -2.31. The number of nitrogens with zero attached hydrogens (tertiary/aromatic N) is 2. The second kappa shape index (κ2) is 21.4. The molecule has 0 fully saturated rings. The second-order valence-electron chi connectivity index (χ2n) is 21.8. The summed E-state index contributed by atoms with van der Waals surface area (Å²) in [6, 6.07) is 46.9. The Morgan fingerprint density at radius 3 is 1.95 bits per heavy atom. The SMILES string of the molecule is CC/C=C(C)\C=C(/C)N(/C=C/C=C\c1c(C)oc2c(C(C)(C)CC)cccc12)c1ccc(C)ccc2c(N(c3cc(C)cc(C)c3)c3cccc(C)c3Oc3c(C)cccc3C(C)(C)C)ccc3ccc1cc32. The first-order chi connectivity index (χ1) is 34.8. The van der Waals surface area contributed by atoms with Crippen LogP contribution in [0.4, 0.5) is 22.7 Å². The molecular formula is C69H76N2O2. The number of furan rings is 1. The maximum atomic E-state index is 7.29. The Labute approximate surface area is 436 Å². The normalized spacial score (nSPS) is 12.8. The van der Waals surface area contributed by atoms with Crippen molar-refractivity contribution < 1.29 is 9.15 Å². The van der Waals surface area contributed by atoms with Crippen molar-refractivity contribution >= 4 is 61.3 Å². The predicted octanol–water partition coefficient (Wildman–Crippen LogP) is 20.7. The van der Waals surface area contributed by atoms with Crippen LogP contribution in [0.5, 0.6) is 11.5 Å². The molecule has 1 heterocycles. The molecule has 8 aromatic rings. The number of ether oxygens (including phenoxy) is 1. The van der Waals surface area contributed by atoms with Crippen LogP contribution in [0.25, 0.3) is 38.6 Å². The number of fused-ring (bicyclic) bond motifs is 2. The van der Waals surface area contributed by atoms with Gasteiger partial charge in [0.2, 0.25) is 0 Å². The van der Waals surface area contributed by atoms with E-state index in [0.29, 0.717) is 0 Å². The highest BCUT2D eigenvalue weighted by Gasteiger charge is 2.27. The van der Waals surface area contributed by atoms with Crippen LogP contribution in [0, 0.1) is 41.5 Å². The first-order valence-electron chi connectivity index (χ1n) is 26.2. The largest absolute Gasteiger partial charge is 0.460 e. The minimum Gasteiger partial charge on any atom is -0.460 e. The molecule has 0 saturated carbocycles. The fourth-order valence-electron chi connectivity index (χ4n) is 10.2. The number of rotatable bonds is 14. The Morgan fingerprint density at radius 2 is 1.23 bits per heavy atom. The van der Waals surface area contributed by atoms with E-state index >= 15 is 0 Å². The van der Waals surface area contributed by atoms with Crippen molar-refractivity contribution in [3.63, 3.8) is 0 Å². The van der Waals surface area contributed by atoms with Gasteiger partial charge in [-0.05, 0) is 166 Å². The van der Waals surface area contributed by atoms with Gasteiger partial charge in [0.05, 0.1) is 17.1 Å². The fourth-order valence-corrected chi connectivity index (χ4v) is 10.2. The Bertz CT molecular complexity index is 3490. The third kappa shape index (κ3) is 11.1. The van der Waals surface area contributed by atoms with Gasteiger partial charge in [0, 0.05) is 45.0 Å². The van der Waals surface area contributed by atoms with E-state index in [1.807, 2.05) is 0 Å². The molecule has 1 aromatic heterocycles. The summed E-state index contributed by atoms with van der Waals surface area (Å²) in [5.41, 5.74) is 16.6. The van der Waals surface area contributed by atoms with E-state index < -0.39 is 0 Å². The summed E-state index contributed by atoms with van der Waals surface area (Å²) < 4.78 is 13.8. The lowest BCUT2D eigenvalue weighted by molar-refractivity contribution is 0.450. The van der Waals surface area contributed by atoms with Crippen molar-refractivity contribution in [3.05, 3.63) is 219 Å². The maximum Gasteiger partial charge on any atom is 0.154 e. The van der Waals surface area contributed by atoms with Gasteiger partial charge in [-0.1, -0.05) is 169 Å². The topological polar surface area (TPSA) is 28.9 Å². The van der Waals surface area contributed by atoms with Crippen LogP contribution in [-0.4, -0.2) is 0 Å². The van der Waals surface area contributed by atoms with Gasteiger partial charge in [-0.3, -0.25) is 0 Å². The van der Waals surface area contributed by atoms with Gasteiger partial charge in [0.25, 0.3) is 0 Å². The second-order valence-corrected chi connectivity index (χ2v) is 21.8. The van der Waals surface area contributed by atoms with Crippen LogP contribution in [0.2, 0.25) is 0 Å². The zero-order valence-electron chi connectivity index (χ0n) is 46.2. The van der Waals surface area contributed by atoms with E-state index in [4.69, 9.17) is 9.15 Å². The highest BCUT2D eigenvalue weighted by molar-refractivity contribution is 6.10. The summed E-state index contributed by atoms with van der Waals surface area (Å²) in [4.78, 5) is 4.74. The number of anilines is 4. The maximum absolute atomic E-state index is 7.29. The van der Waals surface area contributed by atoms with Gasteiger partial charge in [-0.15, -0.1) is 0 Å². The molecule has 0 radical (unpaired) electrons. The Hall–Kier alpha value is -7.30. The minimum atomic E-state index is -0.123. The van der Waals surface area contributed by atoms with Crippen LogP contribution in [0.15, 0.2) is 174 Å². The highest BCUT2D eigenvalue weighted by Crippen LogP contribution is 2.48.